The third-order valence-electron chi connectivity index (χ3n) is 1.59. The number of halogens is 3. The molecule has 72 valence electrons. The molecule has 0 amide bonds. The molecular formula is C7H9BF3N2-. The Morgan fingerprint density at radius 2 is 2.23 bits per heavy atom. The first-order valence-corrected chi connectivity index (χ1v) is 3.76. The summed E-state index contributed by atoms with van der Waals surface area (Å²) in [4.78, 5) is 0. The fraction of sp³-hybridized carbons (Fsp3) is 0.286. The number of aromatic nitrogens is 2. The summed E-state index contributed by atoms with van der Waals surface area (Å²) in [7, 11) is 0. The molecule has 0 saturated carbocycles. The van der Waals surface area contributed by atoms with Crippen molar-refractivity contribution in [3.8, 4) is 0 Å². The lowest BCUT2D eigenvalue weighted by molar-refractivity contribution is 0.479. The van der Waals surface area contributed by atoms with Crippen LogP contribution < -0.4 is 0 Å². The van der Waals surface area contributed by atoms with Gasteiger partial charge in [-0.25, -0.2) is 0 Å². The number of hydrogen-bond donors (Lipinski definition) is 0. The second kappa shape index (κ2) is 3.28. The number of allylic oxidation sites excluding steroid dienone is 1. The van der Waals surface area contributed by atoms with Crippen LogP contribution in [0.15, 0.2) is 24.4 Å². The van der Waals surface area contributed by atoms with Gasteiger partial charge in [0, 0.05) is 12.7 Å². The van der Waals surface area contributed by atoms with E-state index in [4.69, 9.17) is 0 Å². The third kappa shape index (κ3) is 2.64. The van der Waals surface area contributed by atoms with Gasteiger partial charge in [0.2, 0.25) is 0 Å². The smallest absolute Gasteiger partial charge is 0.445 e. The Kier molecular flexibility index (Phi) is 2.49. The molecule has 1 aromatic heterocycles. The highest BCUT2D eigenvalue weighted by Crippen LogP contribution is 2.19. The van der Waals surface area contributed by atoms with E-state index in [0.717, 1.165) is 5.56 Å². The first-order chi connectivity index (χ1) is 5.89. The Hall–Kier alpha value is -1.20. The zero-order valence-corrected chi connectivity index (χ0v) is 7.17. The first kappa shape index (κ1) is 9.89. The summed E-state index contributed by atoms with van der Waals surface area (Å²) in [5.74, 6) is 0. The van der Waals surface area contributed by atoms with Crippen LogP contribution in [0.1, 0.15) is 5.56 Å². The quantitative estimate of drug-likeness (QED) is 0.666. The maximum atomic E-state index is 12.1. The van der Waals surface area contributed by atoms with Crippen molar-refractivity contribution < 1.29 is 12.9 Å². The molecule has 1 aromatic rings. The van der Waals surface area contributed by atoms with E-state index in [1.165, 1.54) is 10.9 Å². The van der Waals surface area contributed by atoms with Crippen LogP contribution in [-0.2, 0) is 6.54 Å². The van der Waals surface area contributed by atoms with E-state index in [-0.39, 0.29) is 6.54 Å². The van der Waals surface area contributed by atoms with Gasteiger partial charge in [-0.2, -0.15) is 5.10 Å². The molecule has 0 fully saturated rings. The number of hydrogen-bond acceptors (Lipinski definition) is 1. The second-order valence-corrected chi connectivity index (χ2v) is 2.95. The molecule has 13 heavy (non-hydrogen) atoms. The van der Waals surface area contributed by atoms with E-state index in [1.54, 1.807) is 13.1 Å². The monoisotopic (exact) mass is 189 g/mol. The van der Waals surface area contributed by atoms with Gasteiger partial charge in [0.15, 0.2) is 0 Å². The van der Waals surface area contributed by atoms with Crippen LogP contribution in [0.2, 0.25) is 0 Å². The van der Waals surface area contributed by atoms with Gasteiger partial charge < -0.3 is 12.9 Å². The molecule has 0 bridgehead atoms. The Bertz CT molecular complexity index is 316. The molecule has 0 radical (unpaired) electrons. The second-order valence-electron chi connectivity index (χ2n) is 2.95. The third-order valence-corrected chi connectivity index (χ3v) is 1.59. The molecule has 0 saturated heterocycles. The van der Waals surface area contributed by atoms with Crippen molar-refractivity contribution in [2.75, 3.05) is 0 Å². The van der Waals surface area contributed by atoms with Gasteiger partial charge >= 0.3 is 6.98 Å². The van der Waals surface area contributed by atoms with E-state index in [2.05, 4.69) is 11.7 Å². The molecule has 2 nitrogen and oxygen atoms in total. The Morgan fingerprint density at radius 1 is 1.62 bits per heavy atom. The highest BCUT2D eigenvalue weighted by atomic mass is 19.4. The van der Waals surface area contributed by atoms with Crippen LogP contribution >= 0.6 is 0 Å². The first-order valence-electron chi connectivity index (χ1n) is 3.76. The van der Waals surface area contributed by atoms with Crippen molar-refractivity contribution >= 4 is 6.98 Å². The van der Waals surface area contributed by atoms with Crippen molar-refractivity contribution in [1.82, 2.24) is 9.78 Å². The summed E-state index contributed by atoms with van der Waals surface area (Å²) in [5, 5.41) is 3.74. The summed E-state index contributed by atoms with van der Waals surface area (Å²) in [6.45, 7) is -0.483. The molecule has 1 rings (SSSR count). The molecule has 6 heteroatoms. The molecule has 1 heterocycles. The lowest BCUT2D eigenvalue weighted by Gasteiger charge is -2.17. The van der Waals surface area contributed by atoms with E-state index in [0.29, 0.717) is 0 Å². The van der Waals surface area contributed by atoms with E-state index in [9.17, 15) is 12.9 Å². The summed E-state index contributed by atoms with van der Waals surface area (Å²) >= 11 is 0. The average molecular weight is 189 g/mol. The maximum Gasteiger partial charge on any atom is 0.506 e. The van der Waals surface area contributed by atoms with Gasteiger partial charge in [-0.15, -0.1) is 12.1 Å². The highest BCUT2D eigenvalue weighted by molar-refractivity contribution is 6.66. The Balaban J connectivity index is 2.65. The molecule has 0 unspecified atom stereocenters. The molecule has 0 spiro atoms. The molecular weight excluding hydrogens is 180 g/mol. The van der Waals surface area contributed by atoms with E-state index < -0.39 is 12.4 Å². The zero-order chi connectivity index (χ0) is 10.1. The summed E-state index contributed by atoms with van der Waals surface area (Å²) in [6.07, 6.45) is 3.06. The van der Waals surface area contributed by atoms with Crippen LogP contribution in [0, 0.1) is 6.92 Å². The lowest BCUT2D eigenvalue weighted by atomic mass is 9.80. The van der Waals surface area contributed by atoms with Crippen LogP contribution in [0.25, 0.3) is 0 Å². The minimum Gasteiger partial charge on any atom is -0.445 e. The van der Waals surface area contributed by atoms with Gasteiger partial charge in [-0.1, -0.05) is 0 Å². The SMILES string of the molecule is C=C(Cn1cc(C)cn1)[B-](F)(F)F. The fourth-order valence-electron chi connectivity index (χ4n) is 0.865. The predicted molar refractivity (Wildman–Crippen MR) is 45.2 cm³/mol. The van der Waals surface area contributed by atoms with Crippen LogP contribution in [-0.4, -0.2) is 16.8 Å². The molecule has 0 atom stereocenters. The minimum absolute atomic E-state index is 0.280. The van der Waals surface area contributed by atoms with Crippen molar-refractivity contribution in [1.29, 1.82) is 0 Å². The van der Waals surface area contributed by atoms with Gasteiger partial charge in [-0.05, 0) is 12.5 Å². The maximum absolute atomic E-state index is 12.1. The van der Waals surface area contributed by atoms with Crippen molar-refractivity contribution in [3.05, 3.63) is 30.0 Å². The van der Waals surface area contributed by atoms with Gasteiger partial charge in [0.05, 0.1) is 6.20 Å². The largest absolute Gasteiger partial charge is 0.506 e. The Labute approximate surface area is 74.1 Å². The van der Waals surface area contributed by atoms with Gasteiger partial charge in [0.25, 0.3) is 0 Å². The fourth-order valence-corrected chi connectivity index (χ4v) is 0.865. The standard InChI is InChI=1S/C7H9BF3N2/c1-6-3-12-13(4-6)5-7(2)8(9,10)11/h3-4H,2,5H2,1H3/q-1. The number of aryl methyl sites for hydroxylation is 1. The van der Waals surface area contributed by atoms with Crippen LogP contribution in [0.4, 0.5) is 12.9 Å². The topological polar surface area (TPSA) is 17.8 Å². The molecule has 0 aliphatic heterocycles. The molecule has 0 aromatic carbocycles. The van der Waals surface area contributed by atoms with Crippen molar-refractivity contribution in [2.45, 2.75) is 13.5 Å². The normalized spacial score (nSPS) is 11.7. The van der Waals surface area contributed by atoms with Crippen LogP contribution in [0.5, 0.6) is 0 Å². The summed E-state index contributed by atoms with van der Waals surface area (Å²) in [6, 6.07) is 0. The Morgan fingerprint density at radius 3 is 2.62 bits per heavy atom. The summed E-state index contributed by atoms with van der Waals surface area (Å²) in [5.41, 5.74) is 0.102. The van der Waals surface area contributed by atoms with Crippen LogP contribution in [0.3, 0.4) is 0 Å². The van der Waals surface area contributed by atoms with Gasteiger partial charge in [-0.3, -0.25) is 4.68 Å². The number of nitrogens with zero attached hydrogens (tertiary/aromatic N) is 2. The highest BCUT2D eigenvalue weighted by Gasteiger charge is 2.26. The van der Waals surface area contributed by atoms with Crippen molar-refractivity contribution in [2.24, 2.45) is 0 Å². The average Bonchev–Trinajstić information content (AvgIpc) is 2.33. The summed E-state index contributed by atoms with van der Waals surface area (Å²) < 4.78 is 37.4. The molecule has 0 aliphatic carbocycles. The lowest BCUT2D eigenvalue weighted by Crippen LogP contribution is -2.22. The van der Waals surface area contributed by atoms with E-state index in [1.807, 2.05) is 0 Å². The molecule has 0 N–H and O–H groups in total. The van der Waals surface area contributed by atoms with Crippen molar-refractivity contribution in [3.63, 3.8) is 0 Å². The number of rotatable bonds is 3. The predicted octanol–water partition coefficient (Wildman–Crippen LogP) is 2.13. The van der Waals surface area contributed by atoms with Gasteiger partial charge in [0.1, 0.15) is 0 Å². The zero-order valence-electron chi connectivity index (χ0n) is 7.17. The minimum atomic E-state index is -4.94. The van der Waals surface area contributed by atoms with E-state index >= 15 is 0 Å². The molecule has 0 aliphatic rings.